The second-order valence-electron chi connectivity index (χ2n) is 16.0. The van der Waals surface area contributed by atoms with Crippen molar-refractivity contribution in [1.82, 2.24) is 30.8 Å². The predicted octanol–water partition coefficient (Wildman–Crippen LogP) is 5.09. The number of nitrogens with zero attached hydrogens (tertiary/aromatic N) is 2. The van der Waals surface area contributed by atoms with E-state index in [1.165, 1.54) is 12.7 Å². The van der Waals surface area contributed by atoms with E-state index in [1.54, 1.807) is 11.1 Å². The summed E-state index contributed by atoms with van der Waals surface area (Å²) in [5.74, 6) is -0.0156. The van der Waals surface area contributed by atoms with Crippen LogP contribution in [0.4, 0.5) is 0 Å². The maximum atomic E-state index is 14.3. The summed E-state index contributed by atoms with van der Waals surface area (Å²) in [6.07, 6.45) is 12.3. The van der Waals surface area contributed by atoms with Gasteiger partial charge in [0.05, 0.1) is 24.2 Å². The van der Waals surface area contributed by atoms with Crippen LogP contribution >= 0.6 is 0 Å². The van der Waals surface area contributed by atoms with E-state index in [1.807, 2.05) is 44.2 Å². The van der Waals surface area contributed by atoms with Crippen molar-refractivity contribution in [1.29, 1.82) is 0 Å². The second kappa shape index (κ2) is 20.5. The van der Waals surface area contributed by atoms with Crippen LogP contribution in [-0.2, 0) is 32.0 Å². The molecule has 6 atom stereocenters. The molecule has 52 heavy (non-hydrogen) atoms. The van der Waals surface area contributed by atoms with E-state index in [9.17, 15) is 24.3 Å². The van der Waals surface area contributed by atoms with Gasteiger partial charge in [-0.3, -0.25) is 19.2 Å². The number of aromatic amines is 1. The van der Waals surface area contributed by atoms with Crippen molar-refractivity contribution in [2.45, 2.75) is 148 Å². The van der Waals surface area contributed by atoms with Crippen molar-refractivity contribution in [2.24, 2.45) is 23.7 Å². The molecule has 0 unspecified atom stereocenters. The van der Waals surface area contributed by atoms with Gasteiger partial charge in [-0.15, -0.1) is 0 Å². The second-order valence-corrected chi connectivity index (χ2v) is 16.0. The zero-order chi connectivity index (χ0) is 37.6. The van der Waals surface area contributed by atoms with Gasteiger partial charge in [0.1, 0.15) is 18.1 Å². The van der Waals surface area contributed by atoms with Gasteiger partial charge in [0.25, 0.3) is 0 Å². The zero-order valence-corrected chi connectivity index (χ0v) is 32.1. The summed E-state index contributed by atoms with van der Waals surface area (Å²) in [7, 11) is 0. The van der Waals surface area contributed by atoms with Gasteiger partial charge in [-0.05, 0) is 54.9 Å². The molecule has 1 saturated heterocycles. The van der Waals surface area contributed by atoms with E-state index in [0.717, 1.165) is 37.7 Å². The monoisotopic (exact) mass is 720 g/mol. The molecule has 11 heteroatoms. The van der Waals surface area contributed by atoms with E-state index < -0.39 is 36.2 Å². The number of hydrogen-bond acceptors (Lipinski definition) is 6. The van der Waals surface area contributed by atoms with Crippen molar-refractivity contribution in [3.63, 3.8) is 0 Å². The fourth-order valence-electron chi connectivity index (χ4n) is 7.99. The topological polar surface area (TPSA) is 157 Å². The molecule has 1 saturated carbocycles. The number of aliphatic hydroxyl groups is 1. The minimum atomic E-state index is -1.00. The number of rotatable bonds is 19. The molecule has 288 valence electrons. The molecule has 1 aromatic heterocycles. The van der Waals surface area contributed by atoms with E-state index >= 15 is 0 Å². The molecule has 5 N–H and O–H groups in total. The summed E-state index contributed by atoms with van der Waals surface area (Å²) >= 11 is 0. The highest BCUT2D eigenvalue weighted by molar-refractivity contribution is 5.94. The Morgan fingerprint density at radius 1 is 0.904 bits per heavy atom. The highest BCUT2D eigenvalue weighted by Crippen LogP contribution is 2.30. The lowest BCUT2D eigenvalue weighted by Gasteiger charge is -2.33. The number of amides is 4. The number of likely N-dealkylation sites (tertiary alicyclic amines) is 1. The fourth-order valence-corrected chi connectivity index (χ4v) is 7.99. The van der Waals surface area contributed by atoms with Gasteiger partial charge >= 0.3 is 0 Å². The summed E-state index contributed by atoms with van der Waals surface area (Å²) < 4.78 is 0. The Morgan fingerprint density at radius 2 is 1.60 bits per heavy atom. The molecule has 2 aromatic rings. The highest BCUT2D eigenvalue weighted by Gasteiger charge is 2.37. The van der Waals surface area contributed by atoms with Gasteiger partial charge in [-0.1, -0.05) is 103 Å². The number of hydrogen-bond donors (Lipinski definition) is 5. The molecular formula is C41H64N6O5. The van der Waals surface area contributed by atoms with Crippen LogP contribution in [0.1, 0.15) is 117 Å². The smallest absolute Gasteiger partial charge is 0.243 e. The first-order chi connectivity index (χ1) is 24.9. The summed E-state index contributed by atoms with van der Waals surface area (Å²) in [5, 5.41) is 20.7. The molecule has 11 nitrogen and oxygen atoms in total. The maximum absolute atomic E-state index is 14.3. The number of carbonyl (C=O) groups is 4. The standard InChI is InChI=1S/C41H64N6O5/c1-6-31(28(4)5)23-37(48)33(21-29-14-9-7-10-15-29)44-40(51)35(24-32-25-42-26-43-32)45-39(50)34(22-30-16-11-8-12-17-30)46-41(52)36-18-13-19-47(36)38(49)20-27(2)3/h8,11-12,16-17,25-29,31,33-37,48H,6-7,9-10,13-15,18-24H2,1-5H3,(H,42,43)(H,44,51)(H,45,50)(H,46,52)/t31-,33-,34-,35-,36+,37-/m0/s1. The molecule has 0 spiro atoms. The molecule has 4 amide bonds. The summed E-state index contributed by atoms with van der Waals surface area (Å²) in [6, 6.07) is 6.33. The lowest BCUT2D eigenvalue weighted by Crippen LogP contribution is -2.59. The van der Waals surface area contributed by atoms with Crippen molar-refractivity contribution in [2.75, 3.05) is 6.54 Å². The lowest BCUT2D eigenvalue weighted by atomic mass is 9.80. The third-order valence-electron chi connectivity index (χ3n) is 11.1. The van der Waals surface area contributed by atoms with Gasteiger partial charge in [-0.25, -0.2) is 4.98 Å². The van der Waals surface area contributed by atoms with Crippen molar-refractivity contribution >= 4 is 23.6 Å². The van der Waals surface area contributed by atoms with Crippen LogP contribution in [-0.4, -0.2) is 80.4 Å². The average Bonchev–Trinajstić information content (AvgIpc) is 3.83. The average molecular weight is 721 g/mol. The van der Waals surface area contributed by atoms with E-state index in [0.29, 0.717) is 62.1 Å². The van der Waals surface area contributed by atoms with Crippen LogP contribution in [0.5, 0.6) is 0 Å². The SMILES string of the molecule is CC[C@@H](C[C@H](O)[C@H](CC1CCCCC1)NC(=O)[C@H](Cc1c[nH]cn1)NC(=O)[C@H](Cc1ccccc1)NC(=O)[C@H]1CCCN1C(=O)CC(C)C)C(C)C. The van der Waals surface area contributed by atoms with Gasteiger partial charge in [-0.2, -0.15) is 0 Å². The van der Waals surface area contributed by atoms with Crippen LogP contribution in [0.3, 0.4) is 0 Å². The number of aliphatic hydroxyl groups excluding tert-OH is 1. The van der Waals surface area contributed by atoms with Gasteiger partial charge in [0.15, 0.2) is 0 Å². The quantitative estimate of drug-likeness (QED) is 0.136. The molecule has 1 aromatic carbocycles. The summed E-state index contributed by atoms with van der Waals surface area (Å²) in [5.41, 5.74) is 1.45. The predicted molar refractivity (Wildman–Crippen MR) is 203 cm³/mol. The van der Waals surface area contributed by atoms with Crippen molar-refractivity contribution in [3.05, 3.63) is 54.1 Å². The van der Waals surface area contributed by atoms with Crippen molar-refractivity contribution < 1.29 is 24.3 Å². The number of benzene rings is 1. The first-order valence-corrected chi connectivity index (χ1v) is 19.8. The minimum Gasteiger partial charge on any atom is -0.391 e. The minimum absolute atomic E-state index is 0.0592. The lowest BCUT2D eigenvalue weighted by molar-refractivity contribution is -0.140. The zero-order valence-electron chi connectivity index (χ0n) is 32.1. The van der Waals surface area contributed by atoms with Gasteiger partial charge in [0.2, 0.25) is 23.6 Å². The van der Waals surface area contributed by atoms with E-state index in [2.05, 4.69) is 46.7 Å². The molecule has 2 heterocycles. The number of aromatic nitrogens is 2. The maximum Gasteiger partial charge on any atom is 0.243 e. The van der Waals surface area contributed by atoms with E-state index in [4.69, 9.17) is 0 Å². The molecule has 0 bridgehead atoms. The van der Waals surface area contributed by atoms with Gasteiger partial charge < -0.3 is 30.9 Å². The Hall–Kier alpha value is -3.73. The first kappa shape index (κ1) is 41.0. The molecule has 2 aliphatic rings. The van der Waals surface area contributed by atoms with Crippen LogP contribution in [0.2, 0.25) is 0 Å². The largest absolute Gasteiger partial charge is 0.391 e. The van der Waals surface area contributed by atoms with E-state index in [-0.39, 0.29) is 36.5 Å². The Kier molecular flexibility index (Phi) is 16.2. The Bertz CT molecular complexity index is 1390. The first-order valence-electron chi connectivity index (χ1n) is 19.8. The van der Waals surface area contributed by atoms with Gasteiger partial charge in [0, 0.05) is 32.0 Å². The highest BCUT2D eigenvalue weighted by atomic mass is 16.3. The summed E-state index contributed by atoms with van der Waals surface area (Å²) in [6.45, 7) is 10.9. The third-order valence-corrected chi connectivity index (χ3v) is 11.1. The molecule has 2 fully saturated rings. The third kappa shape index (κ3) is 12.5. The van der Waals surface area contributed by atoms with Crippen molar-refractivity contribution in [3.8, 4) is 0 Å². The molecule has 0 radical (unpaired) electrons. The number of nitrogens with one attached hydrogen (secondary N) is 4. The normalized spacial score (nSPS) is 19.5. The number of H-pyrrole nitrogens is 1. The van der Waals surface area contributed by atoms with Crippen LogP contribution in [0, 0.1) is 23.7 Å². The summed E-state index contributed by atoms with van der Waals surface area (Å²) in [4.78, 5) is 64.2. The molecule has 1 aliphatic heterocycles. The Morgan fingerprint density at radius 3 is 2.23 bits per heavy atom. The van der Waals surface area contributed by atoms with Crippen LogP contribution < -0.4 is 16.0 Å². The number of imidazole rings is 1. The fraction of sp³-hybridized carbons (Fsp3) is 0.683. The number of carbonyl (C=O) groups excluding carboxylic acids is 4. The molecular weight excluding hydrogens is 656 g/mol. The molecule has 1 aliphatic carbocycles. The van der Waals surface area contributed by atoms with Crippen LogP contribution in [0.15, 0.2) is 42.9 Å². The Balaban J connectivity index is 1.56. The Labute approximate surface area is 310 Å². The van der Waals surface area contributed by atoms with Crippen LogP contribution in [0.25, 0.3) is 0 Å². The molecule has 4 rings (SSSR count).